The molecule has 0 saturated carbocycles. The van der Waals surface area contributed by atoms with Gasteiger partial charge in [-0.25, -0.2) is 9.36 Å². The molecule has 1 aliphatic heterocycles. The molecule has 1 unspecified atom stereocenters. The first-order valence-electron chi connectivity index (χ1n) is 16.2. The molecule has 0 bridgehead atoms. The molecule has 0 spiro atoms. The number of nitrogens with one attached hydrogen (secondary N) is 2. The quantitative estimate of drug-likeness (QED) is 0.171. The van der Waals surface area contributed by atoms with E-state index in [0.717, 1.165) is 31.2 Å². The average Bonchev–Trinajstić information content (AvgIpc) is 3.60. The summed E-state index contributed by atoms with van der Waals surface area (Å²) in [7, 11) is 1.29. The van der Waals surface area contributed by atoms with E-state index in [-0.39, 0.29) is 47.8 Å². The van der Waals surface area contributed by atoms with Crippen LogP contribution in [0, 0.1) is 0 Å². The molecular weight excluding hydrogens is 606 g/mol. The molecule has 1 saturated heterocycles. The third-order valence-electron chi connectivity index (χ3n) is 7.89. The predicted molar refractivity (Wildman–Crippen MR) is 176 cm³/mol. The Balaban J connectivity index is 1.68. The van der Waals surface area contributed by atoms with Gasteiger partial charge in [-0.15, -0.1) is 0 Å². The second-order valence-corrected chi connectivity index (χ2v) is 12.8. The van der Waals surface area contributed by atoms with Crippen LogP contribution in [0.5, 0.6) is 6.01 Å². The normalized spacial score (nSPS) is 15.8. The van der Waals surface area contributed by atoms with Crippen molar-refractivity contribution >= 4 is 34.8 Å². The van der Waals surface area contributed by atoms with Gasteiger partial charge in [0.2, 0.25) is 5.91 Å². The summed E-state index contributed by atoms with van der Waals surface area (Å²) in [6.45, 7) is 10.5. The van der Waals surface area contributed by atoms with Gasteiger partial charge >= 0.3 is 23.6 Å². The van der Waals surface area contributed by atoms with E-state index in [9.17, 15) is 19.2 Å². The van der Waals surface area contributed by atoms with Crippen LogP contribution in [-0.2, 0) is 30.3 Å². The molecule has 47 heavy (non-hydrogen) atoms. The van der Waals surface area contributed by atoms with Crippen molar-refractivity contribution in [3.8, 4) is 11.7 Å². The van der Waals surface area contributed by atoms with E-state index in [4.69, 9.17) is 19.9 Å². The molecule has 14 heteroatoms. The number of rotatable bonds is 14. The maximum atomic E-state index is 13.4. The number of nitrogen functional groups attached to an aromatic ring is 1. The van der Waals surface area contributed by atoms with Crippen LogP contribution in [-0.4, -0.2) is 80.7 Å². The van der Waals surface area contributed by atoms with Crippen LogP contribution in [0.2, 0.25) is 0 Å². The first-order valence-corrected chi connectivity index (χ1v) is 16.2. The Bertz CT molecular complexity index is 1640. The molecule has 1 fully saturated rings. The highest BCUT2D eigenvalue weighted by Crippen LogP contribution is 2.28. The smallest absolute Gasteiger partial charge is 0.332 e. The number of hydrogen-bond acceptors (Lipinski definition) is 11. The Morgan fingerprint density at radius 3 is 2.62 bits per heavy atom. The molecular formula is C33H47N7O7. The molecule has 3 aromatic rings. The lowest BCUT2D eigenvalue weighted by Crippen LogP contribution is -2.45. The van der Waals surface area contributed by atoms with Crippen molar-refractivity contribution in [2.45, 2.75) is 97.2 Å². The van der Waals surface area contributed by atoms with Crippen LogP contribution < -0.4 is 21.5 Å². The van der Waals surface area contributed by atoms with Crippen molar-refractivity contribution in [2.75, 3.05) is 32.5 Å². The summed E-state index contributed by atoms with van der Waals surface area (Å²) in [5.41, 5.74) is 7.06. The van der Waals surface area contributed by atoms with Gasteiger partial charge in [-0.1, -0.05) is 38.8 Å². The molecule has 2 atom stereocenters. The molecule has 256 valence electrons. The Morgan fingerprint density at radius 1 is 1.17 bits per heavy atom. The van der Waals surface area contributed by atoms with Gasteiger partial charge in [0, 0.05) is 0 Å². The van der Waals surface area contributed by atoms with Crippen molar-refractivity contribution in [3.05, 3.63) is 39.8 Å². The number of benzene rings is 1. The first-order chi connectivity index (χ1) is 22.3. The van der Waals surface area contributed by atoms with Crippen molar-refractivity contribution in [3.63, 3.8) is 0 Å². The highest BCUT2D eigenvalue weighted by atomic mass is 16.6. The molecule has 0 aliphatic carbocycles. The number of imidazole rings is 1. The largest absolute Gasteiger partial charge is 0.469 e. The molecule has 1 amide bonds. The minimum Gasteiger partial charge on any atom is -0.469 e. The number of aromatic nitrogens is 4. The number of fused-ring (bicyclic) bond motifs is 1. The van der Waals surface area contributed by atoms with E-state index in [1.807, 2.05) is 45.6 Å². The number of likely N-dealkylation sites (tertiary alicyclic amines) is 1. The van der Waals surface area contributed by atoms with Crippen molar-refractivity contribution < 1.29 is 28.6 Å². The number of amides is 1. The van der Waals surface area contributed by atoms with Crippen molar-refractivity contribution in [1.82, 2.24) is 29.7 Å². The lowest BCUT2D eigenvalue weighted by atomic mass is 9.98. The number of H-pyrrole nitrogens is 1. The van der Waals surface area contributed by atoms with Gasteiger partial charge in [-0.3, -0.25) is 19.3 Å². The fraction of sp³-hybridized carbons (Fsp3) is 0.576. The molecule has 14 nitrogen and oxygen atoms in total. The number of carbonyl (C=O) groups excluding carboxylic acids is 3. The fourth-order valence-electron chi connectivity index (χ4n) is 5.65. The van der Waals surface area contributed by atoms with Crippen LogP contribution in [0.4, 0.5) is 5.82 Å². The van der Waals surface area contributed by atoms with E-state index in [0.29, 0.717) is 37.2 Å². The maximum absolute atomic E-state index is 13.4. The summed E-state index contributed by atoms with van der Waals surface area (Å²) in [6.07, 6.45) is 4.36. The number of esters is 2. The molecule has 4 N–H and O–H groups in total. The number of nitrogens with zero attached hydrogens (tertiary/aromatic N) is 4. The van der Waals surface area contributed by atoms with Crippen LogP contribution in [0.3, 0.4) is 0 Å². The third-order valence-corrected chi connectivity index (χ3v) is 7.89. The summed E-state index contributed by atoms with van der Waals surface area (Å²) in [6, 6.07) is 4.46. The highest BCUT2D eigenvalue weighted by Gasteiger charge is 2.35. The van der Waals surface area contributed by atoms with Crippen LogP contribution in [0.15, 0.2) is 23.0 Å². The van der Waals surface area contributed by atoms with E-state index < -0.39 is 29.3 Å². The zero-order valence-corrected chi connectivity index (χ0v) is 28.2. The monoisotopic (exact) mass is 653 g/mol. The van der Waals surface area contributed by atoms with E-state index in [1.165, 1.54) is 11.7 Å². The second kappa shape index (κ2) is 15.4. The lowest BCUT2D eigenvalue weighted by molar-refractivity contribution is -0.160. The SMILES string of the molecule is CCCCOc1nc(N)c2[nH]c(=O)n(-c3cc(C(CCC)NC(=O)CN4CCC[C@@H]4C(=O)OC(C)(C)C)ccc3CC(=O)OC)c2n1. The number of nitrogens with two attached hydrogens (primary N) is 1. The number of aromatic amines is 1. The zero-order chi connectivity index (χ0) is 34.3. The van der Waals surface area contributed by atoms with E-state index >= 15 is 0 Å². The fourth-order valence-corrected chi connectivity index (χ4v) is 5.65. The van der Waals surface area contributed by atoms with E-state index in [2.05, 4.69) is 20.3 Å². The predicted octanol–water partition coefficient (Wildman–Crippen LogP) is 3.35. The van der Waals surface area contributed by atoms with Crippen molar-refractivity contribution in [2.24, 2.45) is 0 Å². The Labute approximate surface area is 274 Å². The number of hydrogen-bond donors (Lipinski definition) is 3. The minimum atomic E-state index is -0.619. The number of unbranched alkanes of at least 4 members (excludes halogenated alkanes) is 1. The topological polar surface area (TPSA) is 184 Å². The number of methoxy groups -OCH3 is 1. The molecule has 1 aromatic carbocycles. The van der Waals surface area contributed by atoms with E-state index in [1.54, 1.807) is 12.1 Å². The Morgan fingerprint density at radius 2 is 1.94 bits per heavy atom. The van der Waals surface area contributed by atoms with Gasteiger partial charge in [-0.05, 0) is 70.2 Å². The maximum Gasteiger partial charge on any atom is 0.332 e. The summed E-state index contributed by atoms with van der Waals surface area (Å²) >= 11 is 0. The van der Waals surface area contributed by atoms with Crippen molar-refractivity contribution in [1.29, 1.82) is 0 Å². The molecule has 0 radical (unpaired) electrons. The summed E-state index contributed by atoms with van der Waals surface area (Å²) in [5, 5.41) is 3.13. The minimum absolute atomic E-state index is 0.0320. The first kappa shape index (κ1) is 35.4. The van der Waals surface area contributed by atoms with Gasteiger partial charge in [0.25, 0.3) is 0 Å². The van der Waals surface area contributed by atoms with Gasteiger partial charge in [0.15, 0.2) is 11.5 Å². The van der Waals surface area contributed by atoms with Gasteiger partial charge in [-0.2, -0.15) is 9.97 Å². The van der Waals surface area contributed by atoms with Crippen LogP contribution in [0.1, 0.15) is 90.3 Å². The number of carbonyl (C=O) groups is 3. The summed E-state index contributed by atoms with van der Waals surface area (Å²) in [4.78, 5) is 65.4. The average molecular weight is 654 g/mol. The number of ether oxygens (including phenoxy) is 3. The van der Waals surface area contributed by atoms with Gasteiger partial charge < -0.3 is 30.2 Å². The van der Waals surface area contributed by atoms with Crippen LogP contribution in [0.25, 0.3) is 16.9 Å². The van der Waals surface area contributed by atoms with Crippen LogP contribution >= 0.6 is 0 Å². The molecule has 1 aliphatic rings. The third kappa shape index (κ3) is 8.88. The zero-order valence-electron chi connectivity index (χ0n) is 28.2. The highest BCUT2D eigenvalue weighted by molar-refractivity contribution is 5.84. The second-order valence-electron chi connectivity index (χ2n) is 12.8. The standard InChI is InChI=1S/C33H47N7O7/c1-7-9-16-46-31-37-28(34)27-29(38-31)40(32(44)36-27)24-17-20(13-14-21(24)18-26(42)45-6)22(11-8-2)35-25(41)19-39-15-10-12-23(39)30(43)47-33(3,4)5/h13-14,17,22-23H,7-12,15-16,18-19H2,1-6H3,(H,35,41)(H,36,44)(H2,34,37,38)/t22?,23-/m1/s1. The van der Waals surface area contributed by atoms with Gasteiger partial charge in [0.05, 0.1) is 38.4 Å². The number of anilines is 1. The summed E-state index contributed by atoms with van der Waals surface area (Å²) in [5.74, 6) is -1.01. The Kier molecular flexibility index (Phi) is 11.6. The molecule has 2 aromatic heterocycles. The molecule has 3 heterocycles. The lowest BCUT2D eigenvalue weighted by Gasteiger charge is -2.28. The van der Waals surface area contributed by atoms with Gasteiger partial charge in [0.1, 0.15) is 17.2 Å². The summed E-state index contributed by atoms with van der Waals surface area (Å²) < 4.78 is 17.6. The molecule has 4 rings (SSSR count). The Hall–Kier alpha value is -4.46.